The largest absolute Gasteiger partial charge is 0.406 e. The van der Waals surface area contributed by atoms with E-state index in [9.17, 15) is 0 Å². The Morgan fingerprint density at radius 2 is 2.10 bits per heavy atom. The standard InChI is InChI=1S/C14H20N4O3/c1-19-7-6-15-9-13-17-18-14(21-13)16-12-5-3-4-11(8-12)10-20-2/h3-5,8,15H,6-7,9-10H2,1-2H3,(H,16,18). The highest BCUT2D eigenvalue weighted by molar-refractivity contribution is 5.52. The van der Waals surface area contributed by atoms with E-state index in [0.29, 0.717) is 31.7 Å². The highest BCUT2D eigenvalue weighted by Crippen LogP contribution is 2.17. The van der Waals surface area contributed by atoms with Gasteiger partial charge in [-0.05, 0) is 17.7 Å². The highest BCUT2D eigenvalue weighted by atomic mass is 16.5. The van der Waals surface area contributed by atoms with E-state index in [0.717, 1.165) is 17.8 Å². The van der Waals surface area contributed by atoms with Crippen molar-refractivity contribution in [3.8, 4) is 0 Å². The summed E-state index contributed by atoms with van der Waals surface area (Å²) in [7, 11) is 3.33. The second-order valence-electron chi connectivity index (χ2n) is 4.43. The lowest BCUT2D eigenvalue weighted by Crippen LogP contribution is -2.18. The minimum absolute atomic E-state index is 0.369. The van der Waals surface area contributed by atoms with Crippen LogP contribution in [0.4, 0.5) is 11.7 Å². The smallest absolute Gasteiger partial charge is 0.320 e. The number of rotatable bonds is 9. The summed E-state index contributed by atoms with van der Waals surface area (Å²) in [5.41, 5.74) is 1.95. The second kappa shape index (κ2) is 8.35. The predicted octanol–water partition coefficient (Wildman–Crippen LogP) is 1.70. The minimum atomic E-state index is 0.369. The molecule has 0 aliphatic heterocycles. The van der Waals surface area contributed by atoms with Gasteiger partial charge >= 0.3 is 6.01 Å². The normalized spacial score (nSPS) is 10.8. The topological polar surface area (TPSA) is 81.4 Å². The van der Waals surface area contributed by atoms with E-state index in [1.54, 1.807) is 14.2 Å². The maximum atomic E-state index is 5.50. The van der Waals surface area contributed by atoms with E-state index < -0.39 is 0 Å². The molecule has 1 aromatic heterocycles. The summed E-state index contributed by atoms with van der Waals surface area (Å²) in [5, 5.41) is 14.1. The van der Waals surface area contributed by atoms with Gasteiger partial charge in [-0.25, -0.2) is 0 Å². The Morgan fingerprint density at radius 3 is 2.90 bits per heavy atom. The number of aromatic nitrogens is 2. The van der Waals surface area contributed by atoms with Crippen molar-refractivity contribution >= 4 is 11.7 Å². The van der Waals surface area contributed by atoms with Crippen molar-refractivity contribution in [3.05, 3.63) is 35.7 Å². The molecule has 0 radical (unpaired) electrons. The highest BCUT2D eigenvalue weighted by Gasteiger charge is 2.06. The van der Waals surface area contributed by atoms with Gasteiger partial charge in [0, 0.05) is 26.5 Å². The molecule has 2 aromatic rings. The van der Waals surface area contributed by atoms with Crippen LogP contribution in [-0.2, 0) is 22.6 Å². The Labute approximate surface area is 123 Å². The number of benzene rings is 1. The fraction of sp³-hybridized carbons (Fsp3) is 0.429. The first kappa shape index (κ1) is 15.4. The predicted molar refractivity (Wildman–Crippen MR) is 78.3 cm³/mol. The van der Waals surface area contributed by atoms with Crippen molar-refractivity contribution < 1.29 is 13.9 Å². The van der Waals surface area contributed by atoms with Gasteiger partial charge in [0.25, 0.3) is 0 Å². The van der Waals surface area contributed by atoms with Crippen LogP contribution in [0.5, 0.6) is 0 Å². The molecule has 0 fully saturated rings. The van der Waals surface area contributed by atoms with Crippen LogP contribution in [-0.4, -0.2) is 37.6 Å². The zero-order valence-electron chi connectivity index (χ0n) is 12.3. The molecule has 7 heteroatoms. The van der Waals surface area contributed by atoms with Gasteiger partial charge < -0.3 is 24.5 Å². The first-order chi connectivity index (χ1) is 10.3. The average Bonchev–Trinajstić information content (AvgIpc) is 2.92. The number of anilines is 2. The monoisotopic (exact) mass is 292 g/mol. The molecule has 2 rings (SSSR count). The summed E-state index contributed by atoms with van der Waals surface area (Å²) < 4.78 is 15.5. The molecule has 2 N–H and O–H groups in total. The fourth-order valence-corrected chi connectivity index (χ4v) is 1.77. The van der Waals surface area contributed by atoms with E-state index >= 15 is 0 Å². The zero-order chi connectivity index (χ0) is 14.9. The molecule has 1 heterocycles. The first-order valence-electron chi connectivity index (χ1n) is 6.68. The number of nitrogens with zero attached hydrogens (tertiary/aromatic N) is 2. The maximum Gasteiger partial charge on any atom is 0.320 e. The summed E-state index contributed by atoms with van der Waals surface area (Å²) in [5.74, 6) is 0.529. The van der Waals surface area contributed by atoms with Crippen LogP contribution in [0, 0.1) is 0 Å². The second-order valence-corrected chi connectivity index (χ2v) is 4.43. The molecule has 0 spiro atoms. The van der Waals surface area contributed by atoms with Crippen LogP contribution >= 0.6 is 0 Å². The van der Waals surface area contributed by atoms with Crippen LogP contribution < -0.4 is 10.6 Å². The van der Waals surface area contributed by atoms with Crippen LogP contribution in [0.1, 0.15) is 11.5 Å². The molecule has 0 aliphatic rings. The molecule has 0 bridgehead atoms. The Balaban J connectivity index is 1.88. The molecule has 0 atom stereocenters. The summed E-state index contributed by atoms with van der Waals surface area (Å²) in [6, 6.07) is 8.21. The van der Waals surface area contributed by atoms with Crippen molar-refractivity contribution in [2.75, 3.05) is 32.7 Å². The van der Waals surface area contributed by atoms with Crippen molar-refractivity contribution in [3.63, 3.8) is 0 Å². The van der Waals surface area contributed by atoms with Crippen LogP contribution in [0.2, 0.25) is 0 Å². The van der Waals surface area contributed by atoms with Gasteiger partial charge in [0.05, 0.1) is 19.8 Å². The van der Waals surface area contributed by atoms with Gasteiger partial charge in [-0.3, -0.25) is 0 Å². The number of hydrogen-bond acceptors (Lipinski definition) is 7. The summed E-state index contributed by atoms with van der Waals surface area (Å²) in [6.45, 7) is 2.46. The third-order valence-corrected chi connectivity index (χ3v) is 2.72. The SMILES string of the molecule is COCCNCc1nnc(Nc2cccc(COC)c2)o1. The zero-order valence-corrected chi connectivity index (χ0v) is 12.3. The average molecular weight is 292 g/mol. The molecule has 0 aliphatic carbocycles. The van der Waals surface area contributed by atoms with Crippen LogP contribution in [0.3, 0.4) is 0 Å². The lowest BCUT2D eigenvalue weighted by Gasteiger charge is -2.04. The number of nitrogens with one attached hydrogen (secondary N) is 2. The Kier molecular flexibility index (Phi) is 6.14. The fourth-order valence-electron chi connectivity index (χ4n) is 1.77. The third kappa shape index (κ3) is 5.14. The number of methoxy groups -OCH3 is 2. The van der Waals surface area contributed by atoms with Gasteiger partial charge in [-0.1, -0.05) is 17.2 Å². The molecule has 1 aromatic carbocycles. The third-order valence-electron chi connectivity index (χ3n) is 2.72. The van der Waals surface area contributed by atoms with Gasteiger partial charge in [0.1, 0.15) is 0 Å². The van der Waals surface area contributed by atoms with E-state index in [1.165, 1.54) is 0 Å². The van der Waals surface area contributed by atoms with E-state index in [2.05, 4.69) is 20.8 Å². The molecule has 0 unspecified atom stereocenters. The molecule has 0 saturated carbocycles. The van der Waals surface area contributed by atoms with Gasteiger partial charge in [-0.2, -0.15) is 0 Å². The quantitative estimate of drug-likeness (QED) is 0.681. The molecular weight excluding hydrogens is 272 g/mol. The molecule has 0 saturated heterocycles. The van der Waals surface area contributed by atoms with E-state index in [1.807, 2.05) is 24.3 Å². The number of hydrogen-bond donors (Lipinski definition) is 2. The molecule has 7 nitrogen and oxygen atoms in total. The minimum Gasteiger partial charge on any atom is -0.406 e. The Bertz CT molecular complexity index is 545. The maximum absolute atomic E-state index is 5.50. The Hall–Kier alpha value is -1.96. The Morgan fingerprint density at radius 1 is 1.19 bits per heavy atom. The summed E-state index contributed by atoms with van der Waals surface area (Å²) in [4.78, 5) is 0. The van der Waals surface area contributed by atoms with E-state index in [-0.39, 0.29) is 0 Å². The molecule has 0 amide bonds. The van der Waals surface area contributed by atoms with Gasteiger partial charge in [0.15, 0.2) is 0 Å². The lowest BCUT2D eigenvalue weighted by molar-refractivity contribution is 0.185. The van der Waals surface area contributed by atoms with Crippen molar-refractivity contribution in [1.82, 2.24) is 15.5 Å². The van der Waals surface area contributed by atoms with Crippen LogP contribution in [0.15, 0.2) is 28.7 Å². The molecule has 114 valence electrons. The van der Waals surface area contributed by atoms with E-state index in [4.69, 9.17) is 13.9 Å². The first-order valence-corrected chi connectivity index (χ1v) is 6.68. The molecule has 21 heavy (non-hydrogen) atoms. The van der Waals surface area contributed by atoms with Crippen LogP contribution in [0.25, 0.3) is 0 Å². The molecular formula is C14H20N4O3. The lowest BCUT2D eigenvalue weighted by atomic mass is 10.2. The van der Waals surface area contributed by atoms with Gasteiger partial charge in [0.2, 0.25) is 5.89 Å². The van der Waals surface area contributed by atoms with Crippen molar-refractivity contribution in [2.24, 2.45) is 0 Å². The summed E-state index contributed by atoms with van der Waals surface area (Å²) in [6.07, 6.45) is 0. The van der Waals surface area contributed by atoms with Gasteiger partial charge in [-0.15, -0.1) is 5.10 Å². The van der Waals surface area contributed by atoms with Crippen molar-refractivity contribution in [1.29, 1.82) is 0 Å². The summed E-state index contributed by atoms with van der Waals surface area (Å²) >= 11 is 0. The van der Waals surface area contributed by atoms with Crippen molar-refractivity contribution in [2.45, 2.75) is 13.2 Å². The number of ether oxygens (including phenoxy) is 2.